The maximum atomic E-state index is 12.1. The van der Waals surface area contributed by atoms with Gasteiger partial charge in [-0.1, -0.05) is 6.08 Å². The van der Waals surface area contributed by atoms with Gasteiger partial charge in [-0.15, -0.1) is 0 Å². The Morgan fingerprint density at radius 3 is 2.55 bits per heavy atom. The van der Waals surface area contributed by atoms with E-state index in [-0.39, 0.29) is 11.8 Å². The van der Waals surface area contributed by atoms with Gasteiger partial charge in [0.25, 0.3) is 0 Å². The van der Waals surface area contributed by atoms with Gasteiger partial charge in [0.05, 0.1) is 5.60 Å². The monoisotopic (exact) mass is 311 g/mol. The van der Waals surface area contributed by atoms with Crippen LogP contribution < -0.4 is 0 Å². The summed E-state index contributed by atoms with van der Waals surface area (Å²) in [5.74, 6) is -0.0679. The maximum absolute atomic E-state index is 12.1. The molecule has 0 spiro atoms. The molecule has 0 radical (unpaired) electrons. The number of carbonyl (C=O) groups is 2. The molecule has 0 aromatic heterocycles. The first kappa shape index (κ1) is 18.6. The van der Waals surface area contributed by atoms with Crippen molar-refractivity contribution < 1.29 is 14.7 Å². The van der Waals surface area contributed by atoms with Crippen LogP contribution in [0.4, 0.5) is 0 Å². The highest BCUT2D eigenvalue weighted by molar-refractivity contribution is 5.87. The van der Waals surface area contributed by atoms with Crippen LogP contribution in [-0.4, -0.2) is 85.0 Å². The zero-order valence-electron chi connectivity index (χ0n) is 14.2. The van der Waals surface area contributed by atoms with Crippen LogP contribution in [0.15, 0.2) is 12.2 Å². The quantitative estimate of drug-likeness (QED) is 0.718. The number of nitrogens with zero attached hydrogens (tertiary/aromatic N) is 3. The lowest BCUT2D eigenvalue weighted by Gasteiger charge is -2.39. The van der Waals surface area contributed by atoms with Gasteiger partial charge in [0.2, 0.25) is 11.8 Å². The largest absolute Gasteiger partial charge is 0.388 e. The summed E-state index contributed by atoms with van der Waals surface area (Å²) < 4.78 is 0. The average molecular weight is 311 g/mol. The molecule has 1 N–H and O–H groups in total. The highest BCUT2D eigenvalue weighted by Crippen LogP contribution is 2.26. The predicted molar refractivity (Wildman–Crippen MR) is 86.4 cm³/mol. The fourth-order valence-electron chi connectivity index (χ4n) is 2.54. The van der Waals surface area contributed by atoms with E-state index in [0.29, 0.717) is 38.9 Å². The molecule has 6 nitrogen and oxygen atoms in total. The van der Waals surface area contributed by atoms with Gasteiger partial charge < -0.3 is 19.8 Å². The second kappa shape index (κ2) is 8.29. The number of aliphatic hydroxyl groups is 1. The maximum Gasteiger partial charge on any atom is 0.246 e. The lowest BCUT2D eigenvalue weighted by Crippen LogP contribution is -2.50. The van der Waals surface area contributed by atoms with E-state index in [1.807, 2.05) is 25.1 Å². The fraction of sp³-hybridized carbons (Fsp3) is 0.750. The summed E-state index contributed by atoms with van der Waals surface area (Å²) in [6, 6.07) is 0. The highest BCUT2D eigenvalue weighted by Gasteiger charge is 2.34. The Hall–Kier alpha value is -1.40. The zero-order valence-corrected chi connectivity index (χ0v) is 14.2. The van der Waals surface area contributed by atoms with Crippen molar-refractivity contribution >= 4 is 11.8 Å². The van der Waals surface area contributed by atoms with Gasteiger partial charge in [-0.05, 0) is 33.4 Å². The van der Waals surface area contributed by atoms with E-state index in [0.717, 1.165) is 6.42 Å². The summed E-state index contributed by atoms with van der Waals surface area (Å²) in [4.78, 5) is 29.0. The number of carbonyl (C=O) groups excluding carboxylic acids is 2. The van der Waals surface area contributed by atoms with Crippen LogP contribution in [0.5, 0.6) is 0 Å². The third-order valence-corrected chi connectivity index (χ3v) is 3.90. The summed E-state index contributed by atoms with van der Waals surface area (Å²) >= 11 is 0. The second-order valence-electron chi connectivity index (χ2n) is 6.54. The number of amides is 2. The molecule has 1 aliphatic heterocycles. The zero-order chi connectivity index (χ0) is 16.8. The molecule has 0 saturated carbocycles. The van der Waals surface area contributed by atoms with Gasteiger partial charge in [-0.2, -0.15) is 0 Å². The van der Waals surface area contributed by atoms with Gasteiger partial charge in [-0.25, -0.2) is 0 Å². The van der Waals surface area contributed by atoms with Crippen LogP contribution in [-0.2, 0) is 9.59 Å². The van der Waals surface area contributed by atoms with Crippen LogP contribution in [0.2, 0.25) is 0 Å². The molecule has 22 heavy (non-hydrogen) atoms. The third-order valence-electron chi connectivity index (χ3n) is 3.90. The first-order valence-electron chi connectivity index (χ1n) is 7.76. The molecule has 2 amide bonds. The van der Waals surface area contributed by atoms with Crippen molar-refractivity contribution in [3.05, 3.63) is 12.2 Å². The van der Waals surface area contributed by atoms with E-state index in [1.165, 1.54) is 4.90 Å². The molecule has 126 valence electrons. The molecule has 0 unspecified atom stereocenters. The summed E-state index contributed by atoms with van der Waals surface area (Å²) in [5, 5.41) is 10.6. The van der Waals surface area contributed by atoms with Gasteiger partial charge in [0.1, 0.15) is 0 Å². The Labute approximate surface area is 133 Å². The van der Waals surface area contributed by atoms with Crippen LogP contribution in [0.25, 0.3) is 0 Å². The lowest BCUT2D eigenvalue weighted by atomic mass is 9.88. The molecule has 1 atom stereocenters. The lowest BCUT2D eigenvalue weighted by molar-refractivity contribution is -0.135. The van der Waals surface area contributed by atoms with Gasteiger partial charge in [0, 0.05) is 46.2 Å². The minimum Gasteiger partial charge on any atom is -0.388 e. The highest BCUT2D eigenvalue weighted by atomic mass is 16.3. The molecule has 1 aliphatic rings. The van der Waals surface area contributed by atoms with Crippen molar-refractivity contribution in [3.63, 3.8) is 0 Å². The number of rotatable bonds is 6. The summed E-state index contributed by atoms with van der Waals surface area (Å²) in [6.07, 6.45) is 5.50. The molecule has 0 bridgehead atoms. The first-order valence-corrected chi connectivity index (χ1v) is 7.76. The van der Waals surface area contributed by atoms with Gasteiger partial charge in [-0.3, -0.25) is 9.59 Å². The van der Waals surface area contributed by atoms with E-state index < -0.39 is 5.60 Å². The number of likely N-dealkylation sites (tertiary alicyclic amines) is 1. The van der Waals surface area contributed by atoms with Crippen molar-refractivity contribution in [3.8, 4) is 0 Å². The Morgan fingerprint density at radius 1 is 1.27 bits per heavy atom. The summed E-state index contributed by atoms with van der Waals surface area (Å²) in [7, 11) is 7.30. The minimum atomic E-state index is -0.949. The first-order chi connectivity index (χ1) is 10.2. The molecular weight excluding hydrogens is 282 g/mol. The molecule has 0 aromatic rings. The van der Waals surface area contributed by atoms with Crippen molar-refractivity contribution in [2.75, 3.05) is 47.8 Å². The third kappa shape index (κ3) is 6.15. The van der Waals surface area contributed by atoms with E-state index in [1.54, 1.807) is 25.1 Å². The minimum absolute atomic E-state index is 0.00255. The molecule has 1 heterocycles. The molecule has 1 rings (SSSR count). The van der Waals surface area contributed by atoms with Crippen molar-refractivity contribution in [1.29, 1.82) is 0 Å². The topological polar surface area (TPSA) is 64.1 Å². The van der Waals surface area contributed by atoms with E-state index in [9.17, 15) is 14.7 Å². The molecule has 6 heteroatoms. The molecule has 1 fully saturated rings. The van der Waals surface area contributed by atoms with Crippen LogP contribution >= 0.6 is 0 Å². The Bertz CT molecular complexity index is 421. The Balaban J connectivity index is 2.53. The van der Waals surface area contributed by atoms with Crippen molar-refractivity contribution in [2.24, 2.45) is 0 Å². The standard InChI is InChI=1S/C16H29N3O3/c1-17(2)11-5-7-15(21)19-12-6-9-16(22,13-19)10-8-14(20)18(3)4/h5,7,22H,6,8-13H2,1-4H3/b7-5+/t16-/m0/s1. The smallest absolute Gasteiger partial charge is 0.246 e. The molecule has 1 saturated heterocycles. The van der Waals surface area contributed by atoms with Crippen LogP contribution in [0, 0.1) is 0 Å². The second-order valence-corrected chi connectivity index (χ2v) is 6.54. The molecule has 0 aromatic carbocycles. The Kier molecular flexibility index (Phi) is 7.03. The number of hydrogen-bond donors (Lipinski definition) is 1. The fourth-order valence-corrected chi connectivity index (χ4v) is 2.54. The van der Waals surface area contributed by atoms with E-state index in [4.69, 9.17) is 0 Å². The number of hydrogen-bond acceptors (Lipinski definition) is 4. The SMILES string of the molecule is CN(C)C/C=C/C(=O)N1CCC[C@](O)(CCC(=O)N(C)C)C1. The summed E-state index contributed by atoms with van der Waals surface area (Å²) in [6.45, 7) is 1.68. The van der Waals surface area contributed by atoms with Crippen molar-refractivity contribution in [2.45, 2.75) is 31.3 Å². The van der Waals surface area contributed by atoms with Crippen LogP contribution in [0.3, 0.4) is 0 Å². The predicted octanol–water partition coefficient (Wildman–Crippen LogP) is 0.326. The normalized spacial score (nSPS) is 22.4. The summed E-state index contributed by atoms with van der Waals surface area (Å²) in [5.41, 5.74) is -0.949. The van der Waals surface area contributed by atoms with E-state index >= 15 is 0 Å². The number of likely N-dealkylation sites (N-methyl/N-ethyl adjacent to an activating group) is 1. The van der Waals surface area contributed by atoms with E-state index in [2.05, 4.69) is 0 Å². The number of piperidine rings is 1. The Morgan fingerprint density at radius 2 is 1.95 bits per heavy atom. The van der Waals surface area contributed by atoms with Crippen molar-refractivity contribution in [1.82, 2.24) is 14.7 Å². The average Bonchev–Trinajstić information content (AvgIpc) is 2.44. The molecular formula is C16H29N3O3. The van der Waals surface area contributed by atoms with Gasteiger partial charge in [0.15, 0.2) is 0 Å². The molecule has 0 aliphatic carbocycles. The van der Waals surface area contributed by atoms with Crippen LogP contribution in [0.1, 0.15) is 25.7 Å². The van der Waals surface area contributed by atoms with Gasteiger partial charge >= 0.3 is 0 Å². The number of β-amino-alcohol motifs (C(OH)–C–C–N with tert-alkyl or cyclic N) is 1.